The summed E-state index contributed by atoms with van der Waals surface area (Å²) in [5, 5.41) is 0. The number of quaternary nitrogens is 1. The molecule has 0 rings (SSSR count). The van der Waals surface area contributed by atoms with Gasteiger partial charge in [0, 0.05) is 6.08 Å². The number of ether oxygens (including phenoxy) is 1. The molecule has 0 fully saturated rings. The molecule has 0 aromatic rings. The van der Waals surface area contributed by atoms with Crippen LogP contribution in [0.2, 0.25) is 0 Å². The van der Waals surface area contributed by atoms with Crippen molar-refractivity contribution in [1.29, 1.82) is 0 Å². The van der Waals surface area contributed by atoms with E-state index in [1.54, 1.807) is 0 Å². The summed E-state index contributed by atoms with van der Waals surface area (Å²) >= 11 is 0. The van der Waals surface area contributed by atoms with E-state index in [-0.39, 0.29) is 5.97 Å². The molecule has 0 amide bonds. The normalized spacial score (nSPS) is 12.0. The highest BCUT2D eigenvalue weighted by atomic mass is 35.7. The largest absolute Gasteiger partial charge is 0.466 e. The van der Waals surface area contributed by atoms with E-state index in [0.717, 1.165) is 11.0 Å². The predicted octanol–water partition coefficient (Wildman–Crippen LogP) is -4.33. The SMILES string of the molecule is COC(=O)/C=C/C[N+](C)(C)C.[O-][Cl+3]([O-])([O-])[O-]. The Morgan fingerprint density at radius 2 is 1.62 bits per heavy atom. The number of rotatable bonds is 3. The van der Waals surface area contributed by atoms with Crippen LogP contribution in [-0.2, 0) is 9.53 Å². The average molecular weight is 258 g/mol. The maximum absolute atomic E-state index is 10.6. The van der Waals surface area contributed by atoms with Crippen molar-refractivity contribution in [3.05, 3.63) is 12.2 Å². The fourth-order valence-electron chi connectivity index (χ4n) is 0.533. The monoisotopic (exact) mass is 257 g/mol. The Labute approximate surface area is 96.5 Å². The Kier molecular flexibility index (Phi) is 8.35. The van der Waals surface area contributed by atoms with E-state index in [2.05, 4.69) is 25.9 Å². The van der Waals surface area contributed by atoms with Crippen molar-refractivity contribution in [2.24, 2.45) is 0 Å². The van der Waals surface area contributed by atoms with Crippen LogP contribution in [0.3, 0.4) is 0 Å². The van der Waals surface area contributed by atoms with Gasteiger partial charge in [0.1, 0.15) is 0 Å². The summed E-state index contributed by atoms with van der Waals surface area (Å²) in [5.74, 6) is -0.293. The van der Waals surface area contributed by atoms with Gasteiger partial charge in [0.25, 0.3) is 0 Å². The van der Waals surface area contributed by atoms with E-state index in [1.165, 1.54) is 13.2 Å². The molecule has 0 aliphatic heterocycles. The third kappa shape index (κ3) is 29.2. The van der Waals surface area contributed by atoms with Gasteiger partial charge in [0.15, 0.2) is 0 Å². The van der Waals surface area contributed by atoms with Gasteiger partial charge in [0.05, 0.1) is 34.8 Å². The molecular weight excluding hydrogens is 242 g/mol. The number of carbonyl (C=O) groups is 1. The smallest absolute Gasteiger partial charge is 0.330 e. The van der Waals surface area contributed by atoms with Gasteiger partial charge in [0.2, 0.25) is 0 Å². The van der Waals surface area contributed by atoms with Gasteiger partial charge in [-0.1, -0.05) is 0 Å². The first-order valence-corrected chi connectivity index (χ1v) is 5.36. The van der Waals surface area contributed by atoms with E-state index >= 15 is 0 Å². The number of esters is 1. The second-order valence-corrected chi connectivity index (χ2v) is 4.53. The third-order valence-corrected chi connectivity index (χ3v) is 1.11. The van der Waals surface area contributed by atoms with Gasteiger partial charge in [-0.25, -0.2) is 23.4 Å². The first kappa shape index (κ1) is 17.7. The molecule has 0 aliphatic carbocycles. The van der Waals surface area contributed by atoms with Gasteiger partial charge < -0.3 is 9.22 Å². The standard InChI is InChI=1S/C8H16NO2.ClHO4/c1-9(2,3)7-5-6-8(10)11-4;2-1(3,4)5/h5-6H,7H2,1-4H3;(H,2,3,4,5)/q+1;/p-1/b6-5+;. The van der Waals surface area contributed by atoms with Crippen LogP contribution in [0.25, 0.3) is 0 Å². The van der Waals surface area contributed by atoms with Crippen LogP contribution in [-0.4, -0.2) is 45.2 Å². The minimum atomic E-state index is -4.94. The Morgan fingerprint density at radius 3 is 1.88 bits per heavy atom. The van der Waals surface area contributed by atoms with Crippen molar-refractivity contribution >= 4 is 5.97 Å². The van der Waals surface area contributed by atoms with Crippen molar-refractivity contribution in [1.82, 2.24) is 0 Å². The van der Waals surface area contributed by atoms with Crippen LogP contribution in [0.5, 0.6) is 0 Å². The van der Waals surface area contributed by atoms with E-state index in [4.69, 9.17) is 18.6 Å². The lowest BCUT2D eigenvalue weighted by molar-refractivity contribution is -2.00. The fraction of sp³-hybridized carbons (Fsp3) is 0.625. The number of halogens is 1. The summed E-state index contributed by atoms with van der Waals surface area (Å²) in [4.78, 5) is 10.6. The van der Waals surface area contributed by atoms with Crippen LogP contribution in [0, 0.1) is 10.2 Å². The zero-order valence-corrected chi connectivity index (χ0v) is 10.4. The summed E-state index contributed by atoms with van der Waals surface area (Å²) in [6, 6.07) is 0. The molecule has 0 heterocycles. The van der Waals surface area contributed by atoms with Gasteiger partial charge in [-0.3, -0.25) is 0 Å². The quantitative estimate of drug-likeness (QED) is 0.286. The molecule has 16 heavy (non-hydrogen) atoms. The Morgan fingerprint density at radius 1 is 1.25 bits per heavy atom. The highest BCUT2D eigenvalue weighted by molar-refractivity contribution is 5.81. The molecule has 0 bridgehead atoms. The van der Waals surface area contributed by atoms with Crippen LogP contribution in [0.1, 0.15) is 0 Å². The minimum absolute atomic E-state index is 0.293. The van der Waals surface area contributed by atoms with Gasteiger partial charge >= 0.3 is 5.97 Å². The predicted molar refractivity (Wildman–Crippen MR) is 44.1 cm³/mol. The average Bonchev–Trinajstić information content (AvgIpc) is 1.98. The first-order valence-electron chi connectivity index (χ1n) is 4.12. The lowest BCUT2D eigenvalue weighted by Gasteiger charge is -2.21. The van der Waals surface area contributed by atoms with Crippen LogP contribution >= 0.6 is 0 Å². The topological polar surface area (TPSA) is 119 Å². The summed E-state index contributed by atoms with van der Waals surface area (Å²) in [6.07, 6.45) is 3.26. The highest BCUT2D eigenvalue weighted by Crippen LogP contribution is 1.89. The molecule has 0 aromatic heterocycles. The van der Waals surface area contributed by atoms with Gasteiger partial charge in [-0.15, -0.1) is 10.2 Å². The molecule has 0 saturated carbocycles. The van der Waals surface area contributed by atoms with E-state index in [0.29, 0.717) is 0 Å². The molecule has 0 aliphatic rings. The summed E-state index contributed by atoms with van der Waals surface area (Å²) in [5.41, 5.74) is 0. The highest BCUT2D eigenvalue weighted by Gasteiger charge is 2.02. The van der Waals surface area contributed by atoms with Crippen molar-refractivity contribution in [2.75, 3.05) is 34.8 Å². The molecule has 0 aromatic carbocycles. The van der Waals surface area contributed by atoms with Crippen molar-refractivity contribution in [3.63, 3.8) is 0 Å². The lowest BCUT2D eigenvalue weighted by atomic mass is 10.4. The maximum atomic E-state index is 10.6. The van der Waals surface area contributed by atoms with E-state index in [9.17, 15) is 4.79 Å². The number of methoxy groups -OCH3 is 1. The second kappa shape index (κ2) is 7.55. The Balaban J connectivity index is 0. The van der Waals surface area contributed by atoms with Gasteiger partial charge in [-0.2, -0.15) is 0 Å². The summed E-state index contributed by atoms with van der Waals surface area (Å²) in [7, 11) is 2.60. The lowest BCUT2D eigenvalue weighted by Crippen LogP contribution is -2.68. The number of carbonyl (C=O) groups excluding carboxylic acids is 1. The zero-order chi connectivity index (χ0) is 13.4. The molecule has 0 radical (unpaired) electrons. The Hall–Kier alpha value is -0.700. The van der Waals surface area contributed by atoms with Crippen molar-refractivity contribution in [2.45, 2.75) is 0 Å². The minimum Gasteiger partial charge on any atom is -0.466 e. The summed E-state index contributed by atoms with van der Waals surface area (Å²) in [6.45, 7) is 0.828. The van der Waals surface area contributed by atoms with E-state index < -0.39 is 10.2 Å². The van der Waals surface area contributed by atoms with Crippen molar-refractivity contribution < 1.29 is 42.9 Å². The molecular formula is C8H16ClNO6. The molecule has 0 unspecified atom stereocenters. The number of nitrogens with zero attached hydrogens (tertiary/aromatic N) is 1. The Bertz CT molecular complexity index is 224. The zero-order valence-electron chi connectivity index (χ0n) is 9.64. The van der Waals surface area contributed by atoms with Crippen LogP contribution in [0.15, 0.2) is 12.2 Å². The second-order valence-electron chi connectivity index (χ2n) is 3.78. The molecule has 8 heteroatoms. The molecule has 0 atom stereocenters. The summed E-state index contributed by atoms with van der Waals surface area (Å²) < 4.78 is 39.2. The van der Waals surface area contributed by atoms with Crippen LogP contribution in [0.4, 0.5) is 0 Å². The fourth-order valence-corrected chi connectivity index (χ4v) is 0.533. The molecule has 96 valence electrons. The van der Waals surface area contributed by atoms with E-state index in [1.807, 2.05) is 6.08 Å². The number of likely N-dealkylation sites (N-methyl/N-ethyl adjacent to an activating group) is 1. The molecule has 0 spiro atoms. The first-order chi connectivity index (χ1) is 6.95. The number of hydrogen-bond donors (Lipinski definition) is 0. The molecule has 0 saturated heterocycles. The molecule has 0 N–H and O–H groups in total. The maximum Gasteiger partial charge on any atom is 0.330 e. The third-order valence-electron chi connectivity index (χ3n) is 1.11. The van der Waals surface area contributed by atoms with Gasteiger partial charge in [-0.05, 0) is 6.08 Å². The molecule has 7 nitrogen and oxygen atoms in total. The van der Waals surface area contributed by atoms with Crippen LogP contribution < -0.4 is 18.6 Å². The van der Waals surface area contributed by atoms with Crippen molar-refractivity contribution in [3.8, 4) is 0 Å². The number of hydrogen-bond acceptors (Lipinski definition) is 6.